The highest BCUT2D eigenvalue weighted by Gasteiger charge is 2.62. The van der Waals surface area contributed by atoms with E-state index in [0.29, 0.717) is 23.4 Å². The Kier molecular flexibility index (Phi) is 8.31. The number of hydrogen-bond acceptors (Lipinski definition) is 7. The van der Waals surface area contributed by atoms with Gasteiger partial charge in [0.05, 0.1) is 35.0 Å². The van der Waals surface area contributed by atoms with E-state index in [1.807, 2.05) is 91.0 Å². The van der Waals surface area contributed by atoms with Crippen LogP contribution in [0.1, 0.15) is 24.3 Å². The normalized spacial score (nSPS) is 24.5. The third kappa shape index (κ3) is 5.63. The Bertz CT molecular complexity index is 2330. The van der Waals surface area contributed by atoms with Gasteiger partial charge in [-0.15, -0.1) is 0 Å². The largest absolute Gasteiger partial charge is 0.508 e. The molecule has 9 nitrogen and oxygen atoms in total. The maximum absolute atomic E-state index is 14.5. The summed E-state index contributed by atoms with van der Waals surface area (Å²) in [4.78, 5) is 60.0. The molecular weight excluding hydrogens is 700 g/mol. The van der Waals surface area contributed by atoms with Gasteiger partial charge < -0.3 is 15.7 Å². The van der Waals surface area contributed by atoms with Gasteiger partial charge in [-0.1, -0.05) is 65.7 Å². The number of benzene rings is 5. The number of nitrogens with zero attached hydrogens (tertiary/aromatic N) is 2. The van der Waals surface area contributed by atoms with E-state index in [4.69, 9.17) is 11.6 Å². The van der Waals surface area contributed by atoms with Crippen LogP contribution in [0.4, 0.5) is 34.1 Å². The molecule has 0 radical (unpaired) electrons. The molecule has 4 amide bonds. The second-order valence-corrected chi connectivity index (χ2v) is 14.7. The van der Waals surface area contributed by atoms with Crippen molar-refractivity contribution in [2.24, 2.45) is 29.6 Å². The number of hydrogen-bond donors (Lipinski definition) is 3. The molecule has 3 fully saturated rings. The number of para-hydroxylation sites is 2. The topological polar surface area (TPSA) is 119 Å². The van der Waals surface area contributed by atoms with E-state index in [9.17, 15) is 24.3 Å². The fourth-order valence-electron chi connectivity index (χ4n) is 8.98. The number of amides is 4. The van der Waals surface area contributed by atoms with Crippen LogP contribution in [-0.4, -0.2) is 28.7 Å². The van der Waals surface area contributed by atoms with Gasteiger partial charge in [0.2, 0.25) is 23.6 Å². The fraction of sp³-hybridized carbons (Fsp3) is 0.182. The maximum Gasteiger partial charge on any atom is 0.238 e. The Labute approximate surface area is 316 Å². The Morgan fingerprint density at radius 2 is 1.06 bits per heavy atom. The van der Waals surface area contributed by atoms with Gasteiger partial charge in [0.1, 0.15) is 5.75 Å². The number of carbonyl (C=O) groups excluding carboxylic acids is 4. The minimum atomic E-state index is -0.784. The minimum Gasteiger partial charge on any atom is -0.508 e. The van der Waals surface area contributed by atoms with Crippen molar-refractivity contribution < 1.29 is 24.3 Å². The molecule has 6 unspecified atom stereocenters. The van der Waals surface area contributed by atoms with Crippen LogP contribution in [0.2, 0.25) is 5.02 Å². The SMILES string of the molecule is O=C1C2CC=C3C(CC4C(=O)N(c5ccc(Nc6ccccc6)cc5)C(=O)C4C3c3ccc(O)cc3Cl)C2C(=O)N1c1ccc(Nc2ccccc2)cc1. The van der Waals surface area contributed by atoms with Crippen LogP contribution in [0.15, 0.2) is 139 Å². The van der Waals surface area contributed by atoms with E-state index < -0.39 is 35.5 Å². The van der Waals surface area contributed by atoms with E-state index in [-0.39, 0.29) is 40.8 Å². The lowest BCUT2D eigenvalue weighted by Gasteiger charge is -2.44. The standard InChI is InChI=1S/C44H35ClN4O5/c45-37-23-31(50)19-20-33(37)38-32-21-22-34-39(43(53)48(41(34)51)29-15-11-27(12-16-29)46-25-7-3-1-4-8-25)35(32)24-36-40(38)44(54)49(42(36)52)30-17-13-28(14-18-30)47-26-9-5-2-6-10-26/h1-21,23,34-36,38-40,46-47,50H,22,24H2. The second-order valence-electron chi connectivity index (χ2n) is 14.3. The lowest BCUT2D eigenvalue weighted by Crippen LogP contribution is -2.43. The summed E-state index contributed by atoms with van der Waals surface area (Å²) in [6, 6.07) is 38.4. The van der Waals surface area contributed by atoms with Crippen molar-refractivity contribution in [1.82, 2.24) is 0 Å². The van der Waals surface area contributed by atoms with Crippen molar-refractivity contribution in [1.29, 1.82) is 0 Å². The zero-order valence-corrected chi connectivity index (χ0v) is 29.7. The molecule has 2 aliphatic carbocycles. The predicted molar refractivity (Wildman–Crippen MR) is 208 cm³/mol. The van der Waals surface area contributed by atoms with E-state index >= 15 is 0 Å². The number of rotatable bonds is 7. The Morgan fingerprint density at radius 1 is 0.556 bits per heavy atom. The van der Waals surface area contributed by atoms with Gasteiger partial charge >= 0.3 is 0 Å². The first-order chi connectivity index (χ1) is 26.3. The molecule has 2 heterocycles. The van der Waals surface area contributed by atoms with Gasteiger partial charge in [-0.3, -0.25) is 29.0 Å². The number of nitrogens with one attached hydrogen (secondary N) is 2. The Hall–Kier alpha value is -6.19. The first kappa shape index (κ1) is 33.6. The highest BCUT2D eigenvalue weighted by Crippen LogP contribution is 2.59. The number of aromatic hydroxyl groups is 1. The number of anilines is 6. The number of carbonyl (C=O) groups is 4. The highest BCUT2D eigenvalue weighted by molar-refractivity contribution is 6.32. The minimum absolute atomic E-state index is 0.0257. The van der Waals surface area contributed by atoms with E-state index in [1.165, 1.54) is 21.9 Å². The molecule has 5 aromatic rings. The van der Waals surface area contributed by atoms with Gasteiger partial charge in [0.25, 0.3) is 0 Å². The average molecular weight is 735 g/mol. The van der Waals surface area contributed by atoms with Crippen LogP contribution in [0.5, 0.6) is 5.75 Å². The smallest absolute Gasteiger partial charge is 0.238 e. The maximum atomic E-state index is 14.5. The molecule has 9 rings (SSSR count). The summed E-state index contributed by atoms with van der Waals surface area (Å²) in [6.45, 7) is 0. The van der Waals surface area contributed by atoms with Gasteiger partial charge in [-0.25, -0.2) is 0 Å². The van der Waals surface area contributed by atoms with Crippen molar-refractivity contribution in [3.8, 4) is 5.75 Å². The molecule has 0 spiro atoms. The molecule has 1 saturated carbocycles. The Morgan fingerprint density at radius 3 is 1.59 bits per heavy atom. The third-order valence-corrected chi connectivity index (χ3v) is 11.7. The van der Waals surface area contributed by atoms with Crippen molar-refractivity contribution in [3.05, 3.63) is 150 Å². The molecule has 268 valence electrons. The summed E-state index contributed by atoms with van der Waals surface area (Å²) in [5.74, 6) is -5.26. The molecular formula is C44H35ClN4O5. The zero-order valence-electron chi connectivity index (χ0n) is 28.9. The molecule has 54 heavy (non-hydrogen) atoms. The summed E-state index contributed by atoms with van der Waals surface area (Å²) in [5.41, 5.74) is 5.80. The highest BCUT2D eigenvalue weighted by atomic mass is 35.5. The number of phenolic OH excluding ortho intramolecular Hbond substituents is 1. The van der Waals surface area contributed by atoms with Crippen LogP contribution < -0.4 is 20.4 Å². The lowest BCUT2D eigenvalue weighted by molar-refractivity contribution is -0.126. The summed E-state index contributed by atoms with van der Waals surface area (Å²) < 4.78 is 0. The first-order valence-electron chi connectivity index (χ1n) is 18.0. The molecule has 3 N–H and O–H groups in total. The molecule has 4 aliphatic rings. The van der Waals surface area contributed by atoms with Crippen LogP contribution in [0.25, 0.3) is 0 Å². The van der Waals surface area contributed by atoms with Crippen molar-refractivity contribution in [2.75, 3.05) is 20.4 Å². The number of allylic oxidation sites excluding steroid dienone is 2. The van der Waals surface area contributed by atoms with Crippen molar-refractivity contribution in [2.45, 2.75) is 18.8 Å². The van der Waals surface area contributed by atoms with E-state index in [2.05, 4.69) is 10.6 Å². The molecule has 2 aliphatic heterocycles. The van der Waals surface area contributed by atoms with Gasteiger partial charge in [0.15, 0.2) is 0 Å². The van der Waals surface area contributed by atoms with Crippen LogP contribution in [-0.2, 0) is 19.2 Å². The monoisotopic (exact) mass is 734 g/mol. The average Bonchev–Trinajstić information content (AvgIpc) is 3.59. The first-order valence-corrected chi connectivity index (χ1v) is 18.4. The van der Waals surface area contributed by atoms with Crippen molar-refractivity contribution >= 4 is 69.4 Å². The van der Waals surface area contributed by atoms with Crippen LogP contribution >= 0.6 is 11.6 Å². The predicted octanol–water partition coefficient (Wildman–Crippen LogP) is 8.58. The third-order valence-electron chi connectivity index (χ3n) is 11.3. The summed E-state index contributed by atoms with van der Waals surface area (Å²) >= 11 is 6.80. The van der Waals surface area contributed by atoms with E-state index in [0.717, 1.165) is 28.3 Å². The van der Waals surface area contributed by atoms with Crippen molar-refractivity contribution in [3.63, 3.8) is 0 Å². The Balaban J connectivity index is 1.04. The summed E-state index contributed by atoms with van der Waals surface area (Å²) in [5, 5.41) is 17.2. The fourth-order valence-corrected chi connectivity index (χ4v) is 9.27. The summed E-state index contributed by atoms with van der Waals surface area (Å²) in [6.07, 6.45) is 2.55. The second kappa shape index (κ2) is 13.3. The molecule has 6 atom stereocenters. The van der Waals surface area contributed by atoms with Crippen LogP contribution in [0.3, 0.4) is 0 Å². The quantitative estimate of drug-likeness (QED) is 0.113. The molecule has 2 saturated heterocycles. The molecule has 0 aromatic heterocycles. The number of imide groups is 2. The van der Waals surface area contributed by atoms with E-state index in [1.54, 1.807) is 30.3 Å². The van der Waals surface area contributed by atoms with Crippen LogP contribution in [0, 0.1) is 29.6 Å². The number of fused-ring (bicyclic) bond motifs is 4. The van der Waals surface area contributed by atoms with Gasteiger partial charge in [-0.05, 0) is 109 Å². The molecule has 5 aromatic carbocycles. The molecule has 10 heteroatoms. The number of halogens is 1. The lowest BCUT2D eigenvalue weighted by atomic mass is 9.57. The zero-order chi connectivity index (χ0) is 37.1. The number of phenols is 1. The summed E-state index contributed by atoms with van der Waals surface area (Å²) in [7, 11) is 0. The molecule has 0 bridgehead atoms. The van der Waals surface area contributed by atoms with Gasteiger partial charge in [-0.2, -0.15) is 0 Å². The van der Waals surface area contributed by atoms with Gasteiger partial charge in [0, 0.05) is 33.7 Å².